The van der Waals surface area contributed by atoms with E-state index >= 15 is 0 Å². The summed E-state index contributed by atoms with van der Waals surface area (Å²) in [5.41, 5.74) is -1.30. The van der Waals surface area contributed by atoms with Crippen molar-refractivity contribution in [2.75, 3.05) is 0 Å². The van der Waals surface area contributed by atoms with Crippen molar-refractivity contribution >= 4 is 21.7 Å². The Labute approximate surface area is 84.0 Å². The van der Waals surface area contributed by atoms with E-state index in [0.29, 0.717) is 0 Å². The topological polar surface area (TPSA) is 56.0 Å². The van der Waals surface area contributed by atoms with E-state index in [4.69, 9.17) is 0 Å². The smallest absolute Gasteiger partial charge is 0.358 e. The molecule has 0 bridgehead atoms. The summed E-state index contributed by atoms with van der Waals surface area (Å²) < 4.78 is 36.2. The average Bonchev–Trinajstić information content (AvgIpc) is 2.02. The van der Waals surface area contributed by atoms with Crippen LogP contribution in [-0.2, 0) is 6.18 Å². The first-order valence-electron chi connectivity index (χ1n) is 3.20. The summed E-state index contributed by atoms with van der Waals surface area (Å²) in [6, 6.07) is 1.83. The highest BCUT2D eigenvalue weighted by Crippen LogP contribution is 2.34. The summed E-state index contributed by atoms with van der Waals surface area (Å²) in [6.07, 6.45) is -4.70. The van der Waals surface area contributed by atoms with Crippen LogP contribution >= 0.6 is 15.9 Å². The lowest BCUT2D eigenvalue weighted by molar-refractivity contribution is -0.390. The van der Waals surface area contributed by atoms with E-state index in [1.807, 2.05) is 0 Å². The van der Waals surface area contributed by atoms with Gasteiger partial charge in [0.05, 0.1) is 4.47 Å². The van der Waals surface area contributed by atoms with Crippen LogP contribution in [0.3, 0.4) is 0 Å². The first-order chi connectivity index (χ1) is 6.32. The molecule has 1 aromatic rings. The standard InChI is InChI=1S/C6H2BrF3N2O2/c7-3-1-2-4(12(13)14)11-5(3)6(8,9)10/h1-2H. The third-order valence-corrected chi connectivity index (χ3v) is 1.93. The van der Waals surface area contributed by atoms with Crippen molar-refractivity contribution in [2.24, 2.45) is 0 Å². The number of hydrogen-bond donors (Lipinski definition) is 0. The number of hydrogen-bond acceptors (Lipinski definition) is 3. The van der Waals surface area contributed by atoms with Crippen LogP contribution in [0.5, 0.6) is 0 Å². The van der Waals surface area contributed by atoms with Gasteiger partial charge in [-0.3, -0.25) is 0 Å². The molecule has 8 heteroatoms. The lowest BCUT2D eigenvalue weighted by Crippen LogP contribution is -2.10. The molecule has 0 aromatic carbocycles. The predicted octanol–water partition coefficient (Wildman–Crippen LogP) is 2.77. The predicted molar refractivity (Wildman–Crippen MR) is 43.6 cm³/mol. The second-order valence-corrected chi connectivity index (χ2v) is 3.11. The van der Waals surface area contributed by atoms with Crippen LogP contribution in [0.1, 0.15) is 5.69 Å². The average molecular weight is 271 g/mol. The quantitative estimate of drug-likeness (QED) is 0.582. The van der Waals surface area contributed by atoms with Crippen LogP contribution in [0.2, 0.25) is 0 Å². The molecular weight excluding hydrogens is 269 g/mol. The van der Waals surface area contributed by atoms with Crippen LogP contribution in [0.25, 0.3) is 0 Å². The van der Waals surface area contributed by atoms with Crippen molar-refractivity contribution in [3.63, 3.8) is 0 Å². The molecule has 0 aliphatic carbocycles. The van der Waals surface area contributed by atoms with Gasteiger partial charge in [-0.1, -0.05) is 0 Å². The Hall–Kier alpha value is -1.18. The lowest BCUT2D eigenvalue weighted by Gasteiger charge is -2.02. The van der Waals surface area contributed by atoms with Gasteiger partial charge in [-0.05, 0) is 31.9 Å². The van der Waals surface area contributed by atoms with E-state index in [0.717, 1.165) is 12.1 Å². The number of aromatic nitrogens is 1. The molecule has 0 aliphatic rings. The van der Waals surface area contributed by atoms with Gasteiger partial charge in [-0.15, -0.1) is 0 Å². The summed E-state index contributed by atoms with van der Waals surface area (Å²) in [7, 11) is 0. The first kappa shape index (κ1) is 10.9. The van der Waals surface area contributed by atoms with Gasteiger partial charge in [0.1, 0.15) is 0 Å². The van der Waals surface area contributed by atoms with Gasteiger partial charge < -0.3 is 10.1 Å². The minimum atomic E-state index is -4.70. The van der Waals surface area contributed by atoms with E-state index < -0.39 is 22.6 Å². The Balaban J connectivity index is 3.29. The molecular formula is C6H2BrF3N2O2. The maximum absolute atomic E-state index is 12.2. The minimum Gasteiger partial charge on any atom is -0.358 e. The van der Waals surface area contributed by atoms with Crippen LogP contribution in [0.15, 0.2) is 16.6 Å². The van der Waals surface area contributed by atoms with Crippen LogP contribution < -0.4 is 0 Å². The fourth-order valence-corrected chi connectivity index (χ4v) is 1.18. The normalized spacial score (nSPS) is 11.4. The van der Waals surface area contributed by atoms with Crippen molar-refractivity contribution in [1.29, 1.82) is 0 Å². The fraction of sp³-hybridized carbons (Fsp3) is 0.167. The summed E-state index contributed by atoms with van der Waals surface area (Å²) in [4.78, 5) is 12.0. The van der Waals surface area contributed by atoms with Crippen molar-refractivity contribution in [3.8, 4) is 0 Å². The van der Waals surface area contributed by atoms with Gasteiger partial charge in [-0.2, -0.15) is 13.2 Å². The molecule has 1 aromatic heterocycles. The SMILES string of the molecule is O=[N+]([O-])c1ccc(Br)c(C(F)(F)F)n1. The minimum absolute atomic E-state index is 0.324. The molecule has 0 amide bonds. The zero-order valence-corrected chi connectivity index (χ0v) is 7.96. The number of rotatable bonds is 1. The Kier molecular flexibility index (Phi) is 2.74. The van der Waals surface area contributed by atoms with Crippen molar-refractivity contribution in [2.45, 2.75) is 6.18 Å². The molecule has 0 unspecified atom stereocenters. The summed E-state index contributed by atoms with van der Waals surface area (Å²) >= 11 is 2.61. The largest absolute Gasteiger partial charge is 0.459 e. The zero-order chi connectivity index (χ0) is 10.9. The molecule has 0 fully saturated rings. The summed E-state index contributed by atoms with van der Waals surface area (Å²) in [5, 5.41) is 10.2. The molecule has 0 aliphatic heterocycles. The van der Waals surface area contributed by atoms with E-state index in [1.54, 1.807) is 0 Å². The van der Waals surface area contributed by atoms with Gasteiger partial charge in [0.2, 0.25) is 0 Å². The Morgan fingerprint density at radius 3 is 2.43 bits per heavy atom. The molecule has 0 saturated heterocycles. The molecule has 0 radical (unpaired) electrons. The van der Waals surface area contributed by atoms with Gasteiger partial charge in [0.25, 0.3) is 5.69 Å². The maximum atomic E-state index is 12.2. The fourth-order valence-electron chi connectivity index (χ4n) is 0.732. The van der Waals surface area contributed by atoms with Gasteiger partial charge in [0.15, 0.2) is 0 Å². The molecule has 4 nitrogen and oxygen atoms in total. The summed E-state index contributed by atoms with van der Waals surface area (Å²) in [5.74, 6) is -0.833. The number of pyridine rings is 1. The second kappa shape index (κ2) is 3.52. The number of alkyl halides is 3. The van der Waals surface area contributed by atoms with Gasteiger partial charge in [0, 0.05) is 6.07 Å². The molecule has 0 atom stereocenters. The van der Waals surface area contributed by atoms with E-state index in [2.05, 4.69) is 20.9 Å². The molecule has 0 N–H and O–H groups in total. The van der Waals surface area contributed by atoms with Crippen LogP contribution in [0.4, 0.5) is 19.0 Å². The van der Waals surface area contributed by atoms with Gasteiger partial charge in [-0.25, -0.2) is 0 Å². The molecule has 1 rings (SSSR count). The van der Waals surface area contributed by atoms with Crippen molar-refractivity contribution < 1.29 is 18.1 Å². The molecule has 14 heavy (non-hydrogen) atoms. The van der Waals surface area contributed by atoms with E-state index in [9.17, 15) is 23.3 Å². The van der Waals surface area contributed by atoms with Crippen LogP contribution in [-0.4, -0.2) is 9.91 Å². The molecule has 1 heterocycles. The monoisotopic (exact) mass is 270 g/mol. The number of halogens is 4. The molecule has 0 spiro atoms. The lowest BCUT2D eigenvalue weighted by atomic mass is 10.3. The zero-order valence-electron chi connectivity index (χ0n) is 6.38. The maximum Gasteiger partial charge on any atom is 0.459 e. The summed E-state index contributed by atoms with van der Waals surface area (Å²) in [6.45, 7) is 0. The van der Waals surface area contributed by atoms with Crippen molar-refractivity contribution in [3.05, 3.63) is 32.4 Å². The second-order valence-electron chi connectivity index (χ2n) is 2.25. The molecule has 76 valence electrons. The number of nitrogens with zero attached hydrogens (tertiary/aromatic N) is 2. The highest BCUT2D eigenvalue weighted by Gasteiger charge is 2.40. The highest BCUT2D eigenvalue weighted by atomic mass is 79.9. The Bertz CT molecular complexity index is 380. The highest BCUT2D eigenvalue weighted by molar-refractivity contribution is 9.10. The van der Waals surface area contributed by atoms with E-state index in [1.165, 1.54) is 0 Å². The number of nitro groups is 1. The third kappa shape index (κ3) is 2.19. The Morgan fingerprint density at radius 2 is 2.00 bits per heavy atom. The molecule has 0 saturated carbocycles. The van der Waals surface area contributed by atoms with Crippen LogP contribution in [0, 0.1) is 10.1 Å². The van der Waals surface area contributed by atoms with E-state index in [-0.39, 0.29) is 4.47 Å². The van der Waals surface area contributed by atoms with Crippen molar-refractivity contribution in [1.82, 2.24) is 4.98 Å². The third-order valence-electron chi connectivity index (χ3n) is 1.29. The first-order valence-corrected chi connectivity index (χ1v) is 4.00. The van der Waals surface area contributed by atoms with Gasteiger partial charge >= 0.3 is 12.0 Å². The Morgan fingerprint density at radius 1 is 1.43 bits per heavy atom.